The van der Waals surface area contributed by atoms with Gasteiger partial charge in [0.25, 0.3) is 5.91 Å². The summed E-state index contributed by atoms with van der Waals surface area (Å²) in [5.74, 6) is -0.619. The minimum absolute atomic E-state index is 0.582. The van der Waals surface area contributed by atoms with Crippen LogP contribution in [0.1, 0.15) is 16.7 Å². The average molecular weight is 379 g/mol. The maximum absolute atomic E-state index is 13.0. The van der Waals surface area contributed by atoms with Gasteiger partial charge >= 0.3 is 6.03 Å². The van der Waals surface area contributed by atoms with Crippen molar-refractivity contribution in [1.82, 2.24) is 5.32 Å². The number of alkyl halides is 1. The molecular weight excluding hydrogens is 360 g/mol. The number of hydrogen-bond donors (Lipinski definition) is 2. The molecule has 0 spiro atoms. The second-order valence-electron chi connectivity index (χ2n) is 6.16. The zero-order valence-corrected chi connectivity index (χ0v) is 15.5. The number of benzene rings is 3. The summed E-state index contributed by atoms with van der Waals surface area (Å²) in [6.45, 7) is 1.95. The summed E-state index contributed by atoms with van der Waals surface area (Å²) in [6.07, 6.45) is 0. The highest BCUT2D eigenvalue weighted by molar-refractivity contribution is 6.38. The van der Waals surface area contributed by atoms with Crippen LogP contribution in [0.2, 0.25) is 0 Å². The first kappa shape index (κ1) is 18.7. The molecule has 3 aromatic rings. The van der Waals surface area contributed by atoms with Gasteiger partial charge in [0.1, 0.15) is 0 Å². The minimum Gasteiger partial charge on any atom is -0.308 e. The lowest BCUT2D eigenvalue weighted by molar-refractivity contribution is -0.121. The fourth-order valence-electron chi connectivity index (χ4n) is 2.75. The lowest BCUT2D eigenvalue weighted by Gasteiger charge is -2.26. The van der Waals surface area contributed by atoms with Crippen molar-refractivity contribution in [3.05, 3.63) is 102 Å². The summed E-state index contributed by atoms with van der Waals surface area (Å²) >= 11 is 6.82. The third-order valence-corrected chi connectivity index (χ3v) is 4.80. The molecule has 0 atom stereocenters. The molecular formula is C22H19ClN2O2. The number of imide groups is 1. The van der Waals surface area contributed by atoms with Crippen molar-refractivity contribution in [3.8, 4) is 0 Å². The third kappa shape index (κ3) is 4.18. The molecule has 0 saturated carbocycles. The van der Waals surface area contributed by atoms with Crippen molar-refractivity contribution in [3.63, 3.8) is 0 Å². The Morgan fingerprint density at radius 3 is 1.74 bits per heavy atom. The summed E-state index contributed by atoms with van der Waals surface area (Å²) in [4.78, 5) is 23.8. The molecule has 0 aliphatic heterocycles. The second-order valence-corrected chi connectivity index (χ2v) is 6.73. The van der Waals surface area contributed by atoms with Crippen LogP contribution in [0.15, 0.2) is 84.9 Å². The molecule has 136 valence electrons. The Balaban J connectivity index is 1.85. The van der Waals surface area contributed by atoms with E-state index in [2.05, 4.69) is 10.6 Å². The molecule has 27 heavy (non-hydrogen) atoms. The van der Waals surface area contributed by atoms with Gasteiger partial charge in [-0.05, 0) is 30.2 Å². The van der Waals surface area contributed by atoms with E-state index < -0.39 is 16.8 Å². The van der Waals surface area contributed by atoms with E-state index in [9.17, 15) is 9.59 Å². The number of aryl methyl sites for hydroxylation is 1. The van der Waals surface area contributed by atoms with Gasteiger partial charge in [-0.2, -0.15) is 0 Å². The Labute approximate surface area is 163 Å². The topological polar surface area (TPSA) is 58.2 Å². The SMILES string of the molecule is Cc1ccc(NC(=O)NC(=O)C(Cl)(c2ccccc2)c2ccccc2)cc1. The number of nitrogens with one attached hydrogen (secondary N) is 2. The molecule has 0 aliphatic rings. The van der Waals surface area contributed by atoms with Gasteiger partial charge in [0.05, 0.1) is 0 Å². The molecule has 0 radical (unpaired) electrons. The van der Waals surface area contributed by atoms with Crippen molar-refractivity contribution in [2.45, 2.75) is 11.8 Å². The maximum atomic E-state index is 13.0. The first-order valence-electron chi connectivity index (χ1n) is 8.49. The summed E-state index contributed by atoms with van der Waals surface area (Å²) in [5.41, 5.74) is 2.83. The second kappa shape index (κ2) is 8.06. The molecule has 3 aromatic carbocycles. The van der Waals surface area contributed by atoms with Crippen molar-refractivity contribution >= 4 is 29.2 Å². The molecule has 0 fully saturated rings. The Bertz CT molecular complexity index is 886. The smallest absolute Gasteiger partial charge is 0.308 e. The number of halogens is 1. The van der Waals surface area contributed by atoms with Gasteiger partial charge in [0.2, 0.25) is 0 Å². The molecule has 0 aromatic heterocycles. The van der Waals surface area contributed by atoms with Crippen molar-refractivity contribution in [1.29, 1.82) is 0 Å². The summed E-state index contributed by atoms with van der Waals surface area (Å²) in [6, 6.07) is 24.6. The van der Waals surface area contributed by atoms with E-state index in [-0.39, 0.29) is 0 Å². The average Bonchev–Trinajstić information content (AvgIpc) is 2.70. The highest BCUT2D eigenvalue weighted by atomic mass is 35.5. The van der Waals surface area contributed by atoms with E-state index >= 15 is 0 Å². The predicted molar refractivity (Wildman–Crippen MR) is 108 cm³/mol. The lowest BCUT2D eigenvalue weighted by Crippen LogP contribution is -2.45. The Morgan fingerprint density at radius 2 is 1.26 bits per heavy atom. The van der Waals surface area contributed by atoms with Gasteiger partial charge < -0.3 is 5.32 Å². The van der Waals surface area contributed by atoms with E-state index in [0.717, 1.165) is 5.56 Å². The largest absolute Gasteiger partial charge is 0.325 e. The summed E-state index contributed by atoms with van der Waals surface area (Å²) in [5, 5.41) is 5.01. The van der Waals surface area contributed by atoms with Gasteiger partial charge in [-0.1, -0.05) is 90.0 Å². The molecule has 0 heterocycles. The normalized spacial score (nSPS) is 10.9. The number of carbonyl (C=O) groups is 2. The molecule has 3 rings (SSSR count). The van der Waals surface area contributed by atoms with E-state index in [1.165, 1.54) is 0 Å². The first-order chi connectivity index (χ1) is 13.0. The molecule has 3 amide bonds. The first-order valence-corrected chi connectivity index (χ1v) is 8.87. The number of rotatable bonds is 4. The van der Waals surface area contributed by atoms with Crippen LogP contribution in [0.25, 0.3) is 0 Å². The molecule has 5 heteroatoms. The van der Waals surface area contributed by atoms with E-state index in [1.807, 2.05) is 31.2 Å². The monoisotopic (exact) mass is 378 g/mol. The van der Waals surface area contributed by atoms with Crippen molar-refractivity contribution in [2.75, 3.05) is 5.32 Å². The zero-order chi connectivity index (χ0) is 19.3. The van der Waals surface area contributed by atoms with Crippen LogP contribution in [-0.4, -0.2) is 11.9 Å². The Kier molecular flexibility index (Phi) is 5.57. The number of carbonyl (C=O) groups excluding carboxylic acids is 2. The molecule has 0 saturated heterocycles. The standard InChI is InChI=1S/C22H19ClN2O2/c1-16-12-14-19(15-13-16)24-21(27)25-20(26)22(23,17-8-4-2-5-9-17)18-10-6-3-7-11-18/h2-15H,1H3,(H2,24,25,26,27). The third-order valence-electron chi connectivity index (χ3n) is 4.19. The van der Waals surface area contributed by atoms with Gasteiger partial charge in [-0.25, -0.2) is 4.79 Å². The number of anilines is 1. The lowest BCUT2D eigenvalue weighted by atomic mass is 9.89. The number of urea groups is 1. The molecule has 0 aliphatic carbocycles. The summed E-state index contributed by atoms with van der Waals surface area (Å²) in [7, 11) is 0. The molecule has 2 N–H and O–H groups in total. The van der Waals surface area contributed by atoms with Crippen molar-refractivity contribution < 1.29 is 9.59 Å². The molecule has 4 nitrogen and oxygen atoms in total. The van der Waals surface area contributed by atoms with Gasteiger partial charge in [0, 0.05) is 5.69 Å². The fourth-order valence-corrected chi connectivity index (χ4v) is 3.05. The number of hydrogen-bond acceptors (Lipinski definition) is 2. The van der Waals surface area contributed by atoms with Crippen LogP contribution in [-0.2, 0) is 9.67 Å². The van der Waals surface area contributed by atoms with Crippen LogP contribution in [0.5, 0.6) is 0 Å². The van der Waals surface area contributed by atoms with Gasteiger partial charge in [-0.15, -0.1) is 0 Å². The maximum Gasteiger partial charge on any atom is 0.325 e. The highest BCUT2D eigenvalue weighted by Gasteiger charge is 2.40. The number of amides is 3. The fraction of sp³-hybridized carbons (Fsp3) is 0.0909. The van der Waals surface area contributed by atoms with Crippen LogP contribution < -0.4 is 10.6 Å². The van der Waals surface area contributed by atoms with Crippen molar-refractivity contribution in [2.24, 2.45) is 0 Å². The Morgan fingerprint density at radius 1 is 0.778 bits per heavy atom. The summed E-state index contributed by atoms with van der Waals surface area (Å²) < 4.78 is 0. The van der Waals surface area contributed by atoms with E-state index in [1.54, 1.807) is 60.7 Å². The van der Waals surface area contributed by atoms with Crippen LogP contribution in [0, 0.1) is 6.92 Å². The minimum atomic E-state index is -1.52. The van der Waals surface area contributed by atoms with Crippen LogP contribution >= 0.6 is 11.6 Å². The molecule has 0 unspecified atom stereocenters. The zero-order valence-electron chi connectivity index (χ0n) is 14.8. The van der Waals surface area contributed by atoms with Crippen LogP contribution in [0.4, 0.5) is 10.5 Å². The van der Waals surface area contributed by atoms with E-state index in [0.29, 0.717) is 16.8 Å². The van der Waals surface area contributed by atoms with Gasteiger partial charge in [-0.3, -0.25) is 10.1 Å². The molecule has 0 bridgehead atoms. The van der Waals surface area contributed by atoms with E-state index in [4.69, 9.17) is 11.6 Å². The highest BCUT2D eigenvalue weighted by Crippen LogP contribution is 2.36. The quantitative estimate of drug-likeness (QED) is 0.639. The van der Waals surface area contributed by atoms with Crippen LogP contribution in [0.3, 0.4) is 0 Å². The van der Waals surface area contributed by atoms with Gasteiger partial charge in [0.15, 0.2) is 4.87 Å². The Hall–Kier alpha value is -3.11. The predicted octanol–water partition coefficient (Wildman–Crippen LogP) is 4.83.